The van der Waals surface area contributed by atoms with Crippen molar-refractivity contribution in [2.75, 3.05) is 0 Å². The molecule has 2 aliphatic carbocycles. The fourth-order valence-electron chi connectivity index (χ4n) is 8.02. The zero-order valence-corrected chi connectivity index (χ0v) is 54.5. The van der Waals surface area contributed by atoms with Crippen molar-refractivity contribution in [3.05, 3.63) is 446 Å². The van der Waals surface area contributed by atoms with E-state index in [2.05, 4.69) is 367 Å². The Morgan fingerprint density at radius 1 is 0.475 bits per heavy atom. The molecule has 0 saturated carbocycles. The lowest BCUT2D eigenvalue weighted by Crippen LogP contribution is -2.53. The summed E-state index contributed by atoms with van der Waals surface area (Å²) >= 11 is 5.63. The summed E-state index contributed by atoms with van der Waals surface area (Å²) in [5, 5.41) is 33.3. The van der Waals surface area contributed by atoms with Gasteiger partial charge in [0.15, 0.2) is 11.0 Å². The van der Waals surface area contributed by atoms with E-state index in [4.69, 9.17) is 33.3 Å². The Hall–Kier alpha value is -15.9. The standard InChI is InChI=1S/C45H4.C18H19N3O.C9H10ClNO.C9H10N2.C7H5NO/c1-3-5-7-9-11-13-15-17-19-21-23-25-27-29-31-33-35-37-39-41-43-45-44-42-40-38-36-34-32-30-28-26-24-22-20-18-16-14-12-10-8-6-4-2;1-12-7-13(2)9-16(8-12)17-20-22-18(21(17)19)10-14-5-3-4-6-15(14)11-18;1-6-3-7(2)5-8(4-6)9(10)11-12;10-11-9-5-7-3-1-2-4-8(7)6-9;9-8-6-7-4-2-1-3-5-7/h1-2H2;3-9H,10-11,19H2,1-2H3;3-5,12H,1-2H3;1-4H,5-6,10H2;1-5H/b;;11-9-;;. The maximum Gasteiger partial charge on any atom is 0.336 e. The summed E-state index contributed by atoms with van der Waals surface area (Å²) in [5.41, 5.74) is 120. The molecule has 1 aliphatic heterocycles. The van der Waals surface area contributed by atoms with Gasteiger partial charge < -0.3 is 21.1 Å². The molecule has 0 fully saturated rings. The molecule has 1 heterocycles. The van der Waals surface area contributed by atoms with Crippen molar-refractivity contribution >= 4 is 28.3 Å². The number of fused-ring (bicyclic) bond motifs is 2. The van der Waals surface area contributed by atoms with Crippen LogP contribution < -0.4 is 11.7 Å². The minimum atomic E-state index is -0.573. The summed E-state index contributed by atoms with van der Waals surface area (Å²) in [6.45, 7) is 14.7. The number of amidine groups is 1. The van der Waals surface area contributed by atoms with Crippen LogP contribution in [0.5, 0.6) is 0 Å². The number of rotatable bonds is 2. The molecule has 1 spiro atoms. The molecular formula is C88H48ClN7O3. The molecular weight excluding hydrogens is 1240 g/mol. The molecule has 11 heteroatoms. The number of nitrogens with two attached hydrogens (primary N) is 2. The second-order valence-corrected chi connectivity index (χ2v) is 19.3. The van der Waals surface area contributed by atoms with E-state index < -0.39 is 5.72 Å². The van der Waals surface area contributed by atoms with Gasteiger partial charge >= 0.3 is 6.07 Å². The van der Waals surface area contributed by atoms with Crippen molar-refractivity contribution in [2.24, 2.45) is 27.1 Å². The van der Waals surface area contributed by atoms with Crippen LogP contribution in [0.2, 0.25) is 0 Å². The van der Waals surface area contributed by atoms with E-state index in [-0.39, 0.29) is 5.17 Å². The van der Waals surface area contributed by atoms with Gasteiger partial charge in [0.05, 0.1) is 0 Å². The Morgan fingerprint density at radius 2 is 0.768 bits per heavy atom. The molecule has 0 saturated heterocycles. The Balaban J connectivity index is 0.000000309. The first-order chi connectivity index (χ1) is 48.4. The van der Waals surface area contributed by atoms with Crippen molar-refractivity contribution in [2.45, 2.75) is 59.1 Å². The molecule has 3 aliphatic rings. The summed E-state index contributed by atoms with van der Waals surface area (Å²) in [6, 6.07) is 40.2. The van der Waals surface area contributed by atoms with Gasteiger partial charge in [0, 0.05) is 191 Å². The number of aryl methyl sites for hydroxylation is 4. The highest BCUT2D eigenvalue weighted by Crippen LogP contribution is 2.38. The maximum atomic E-state index is 9.61. The van der Waals surface area contributed by atoms with Crippen LogP contribution in [0.4, 0.5) is 0 Å². The number of nitrogens with zero attached hydrogens (tertiary/aromatic N) is 5. The van der Waals surface area contributed by atoms with Crippen molar-refractivity contribution in [3.63, 3.8) is 0 Å². The first-order valence-electron chi connectivity index (χ1n) is 28.6. The minimum Gasteiger partial charge on any atom is -0.498 e. The fraction of sp³-hybridized carbons (Fsp3) is 0.102. The summed E-state index contributed by atoms with van der Waals surface area (Å²) in [4.78, 5) is 5.83. The molecule has 8 rings (SSSR count). The molecule has 10 nitrogen and oxygen atoms in total. The predicted octanol–water partition coefficient (Wildman–Crippen LogP) is 15.8. The zero-order valence-electron chi connectivity index (χ0n) is 53.7. The summed E-state index contributed by atoms with van der Waals surface area (Å²) < 4.78 is 0. The highest BCUT2D eigenvalue weighted by Gasteiger charge is 2.49. The molecule has 5 N–H and O–H groups in total. The van der Waals surface area contributed by atoms with E-state index in [1.54, 1.807) is 17.1 Å². The van der Waals surface area contributed by atoms with Gasteiger partial charge in [0.1, 0.15) is 5.56 Å². The van der Waals surface area contributed by atoms with Gasteiger partial charge in [0.25, 0.3) is 0 Å². The van der Waals surface area contributed by atoms with Gasteiger partial charge in [-0.1, -0.05) is 134 Å². The number of hydrogen-bond donors (Lipinski definition) is 3. The molecule has 0 aromatic heterocycles. The zero-order chi connectivity index (χ0) is 71.1. The van der Waals surface area contributed by atoms with Crippen molar-refractivity contribution in [1.29, 1.82) is 0 Å². The molecule has 99 heavy (non-hydrogen) atoms. The van der Waals surface area contributed by atoms with E-state index in [1.807, 2.05) is 50.2 Å². The third kappa shape index (κ3) is 31.6. The number of hydrogen-bond acceptors (Lipinski definition) is 9. The Bertz CT molecular complexity index is 5690. The van der Waals surface area contributed by atoms with Crippen LogP contribution in [0, 0.1) is 39.0 Å². The third-order valence-corrected chi connectivity index (χ3v) is 12.1. The van der Waals surface area contributed by atoms with E-state index >= 15 is 0 Å². The first kappa shape index (κ1) is 75.6. The second kappa shape index (κ2) is 47.1. The van der Waals surface area contributed by atoms with Gasteiger partial charge in [0.2, 0.25) is 5.72 Å². The smallest absolute Gasteiger partial charge is 0.336 e. The Labute approximate surface area is 578 Å². The lowest BCUT2D eigenvalue weighted by molar-refractivity contribution is -0.0910. The second-order valence-electron chi connectivity index (χ2n) is 19.0. The quantitative estimate of drug-likeness (QED) is 0.0527. The SMILES string of the molecule is C=C=C=C=C=C=C=C=C=C=C=C=C=C=C=C=C=C=C=C=C=C=C=C=C=C=C=C=C=C=C=C=C=C=C=C=C=C=C=C=C=C=C=C=C.Cc1cc(C)cc(/C(Cl)=N/O)c1.Cc1cc(C)cc(C2=NOC3(Cc4ccccc4C3)N2N)c1.NN=C1Cc2ccccc2C1.[O-][N+]#Cc1ccccc1. The number of halogens is 1. The van der Waals surface area contributed by atoms with Crippen molar-refractivity contribution in [1.82, 2.24) is 5.01 Å². The van der Waals surface area contributed by atoms with Gasteiger partial charge in [-0.2, -0.15) is 5.10 Å². The van der Waals surface area contributed by atoms with E-state index in [9.17, 15) is 5.21 Å². The molecule has 0 amide bonds. The summed E-state index contributed by atoms with van der Waals surface area (Å²) in [5.74, 6) is 12.3. The van der Waals surface area contributed by atoms with E-state index in [0.717, 1.165) is 53.6 Å². The molecule has 5 aromatic rings. The van der Waals surface area contributed by atoms with Crippen molar-refractivity contribution < 1.29 is 10.0 Å². The molecule has 460 valence electrons. The average molecular weight is 1290 g/mol. The number of hydrazone groups is 1. The highest BCUT2D eigenvalue weighted by atomic mass is 35.5. The molecule has 0 atom stereocenters. The molecule has 5 aromatic carbocycles. The normalized spacial score (nSPS) is 9.60. The van der Waals surface area contributed by atoms with Gasteiger partial charge in [-0.3, -0.25) is 0 Å². The van der Waals surface area contributed by atoms with Crippen LogP contribution in [0.3, 0.4) is 0 Å². The molecule has 0 bridgehead atoms. The van der Waals surface area contributed by atoms with Crippen LogP contribution in [0.25, 0.3) is 5.01 Å². The number of benzene rings is 5. The first-order valence-corrected chi connectivity index (χ1v) is 29.0. The fourth-order valence-corrected chi connectivity index (χ4v) is 8.13. The lowest BCUT2D eigenvalue weighted by Gasteiger charge is -2.30. The van der Waals surface area contributed by atoms with Crippen molar-refractivity contribution in [3.8, 4) is 6.07 Å². The number of hydrazine groups is 1. The average Bonchev–Trinajstić information content (AvgIpc) is 1.60. The third-order valence-electron chi connectivity index (χ3n) is 11.8. The van der Waals surface area contributed by atoms with Crippen LogP contribution in [0.1, 0.15) is 61.2 Å². The topological polar surface area (TPSA) is 149 Å². The maximum absolute atomic E-state index is 9.61. The molecule has 0 radical (unpaired) electrons. The predicted molar refractivity (Wildman–Crippen MR) is 380 cm³/mol. The van der Waals surface area contributed by atoms with Gasteiger partial charge in [-0.15, -0.1) is 0 Å². The Morgan fingerprint density at radius 3 is 1.06 bits per heavy atom. The molecule has 0 unspecified atom stereocenters. The number of oxime groups is 2. The summed E-state index contributed by atoms with van der Waals surface area (Å²) in [6.07, 6.45) is 3.40. The van der Waals surface area contributed by atoms with Crippen LogP contribution in [-0.2, 0) is 30.5 Å². The monoisotopic (exact) mass is 1290 g/mol. The van der Waals surface area contributed by atoms with Gasteiger partial charge in [-0.25, -0.2) is 10.9 Å². The highest BCUT2D eigenvalue weighted by molar-refractivity contribution is 6.69. The summed E-state index contributed by atoms with van der Waals surface area (Å²) in [7, 11) is 0. The van der Waals surface area contributed by atoms with Gasteiger partial charge in [-0.05, 0) is 191 Å². The van der Waals surface area contributed by atoms with Crippen LogP contribution in [0.15, 0.2) is 390 Å². The lowest BCUT2D eigenvalue weighted by atomic mass is 10.0. The largest absolute Gasteiger partial charge is 0.498 e. The van der Waals surface area contributed by atoms with Crippen LogP contribution >= 0.6 is 11.6 Å². The van der Waals surface area contributed by atoms with E-state index in [1.165, 1.54) is 33.4 Å². The Kier molecular flexibility index (Phi) is 36.0. The van der Waals surface area contributed by atoms with Crippen LogP contribution in [-0.4, -0.2) is 32.7 Å². The van der Waals surface area contributed by atoms with E-state index in [0.29, 0.717) is 11.4 Å². The minimum absolute atomic E-state index is 0.127.